The molecule has 6 nitrogen and oxygen atoms in total. The molecule has 0 radical (unpaired) electrons. The van der Waals surface area contributed by atoms with Gasteiger partial charge in [-0.05, 0) is 60.4 Å². The molecule has 1 aliphatic carbocycles. The first-order chi connectivity index (χ1) is 19.3. The summed E-state index contributed by atoms with van der Waals surface area (Å²) in [5.41, 5.74) is 3.40. The van der Waals surface area contributed by atoms with Gasteiger partial charge in [-0.15, -0.1) is 0 Å². The maximum absolute atomic E-state index is 13.5. The van der Waals surface area contributed by atoms with Gasteiger partial charge in [0, 0.05) is 35.7 Å². The predicted molar refractivity (Wildman–Crippen MR) is 141 cm³/mol. The van der Waals surface area contributed by atoms with Crippen molar-refractivity contribution in [3.05, 3.63) is 83.0 Å². The van der Waals surface area contributed by atoms with Crippen LogP contribution in [0.15, 0.2) is 60.8 Å². The van der Waals surface area contributed by atoms with E-state index in [1.165, 1.54) is 0 Å². The molecule has 2 saturated heterocycles. The van der Waals surface area contributed by atoms with Gasteiger partial charge in [-0.25, -0.2) is 9.78 Å². The Morgan fingerprint density at radius 2 is 1.57 bits per heavy atom. The first-order valence-electron chi connectivity index (χ1n) is 13.5. The molecule has 1 aromatic heterocycles. The van der Waals surface area contributed by atoms with Crippen molar-refractivity contribution in [1.29, 1.82) is 0 Å². The van der Waals surface area contributed by atoms with Crippen LogP contribution in [0.25, 0.3) is 11.1 Å². The largest absolute Gasteiger partial charge is 0.481 e. The van der Waals surface area contributed by atoms with Gasteiger partial charge in [0.15, 0.2) is 5.78 Å². The van der Waals surface area contributed by atoms with Crippen molar-refractivity contribution in [3.63, 3.8) is 0 Å². The molecule has 0 spiro atoms. The topological polar surface area (TPSA) is 68.7 Å². The molecule has 0 saturated carbocycles. The van der Waals surface area contributed by atoms with Crippen LogP contribution < -0.4 is 4.74 Å². The standard InChI is InChI=1S/C31H29F3N2O4/c1-39-29-27(31(32,33)34)15-19(16-35-29)28(37)18-13-20-7-6-8-21(14-18)36(20)30(38)40-17-26-24-11-4-2-9-22(24)23-10-3-5-12-25(23)26/h2-5,9-12,15-16,18,20-21,26H,6-8,13-14,17H2,1H3. The lowest BCUT2D eigenvalue weighted by Gasteiger charge is -2.47. The summed E-state index contributed by atoms with van der Waals surface area (Å²) in [5, 5.41) is 0. The van der Waals surface area contributed by atoms with Gasteiger partial charge < -0.3 is 14.4 Å². The van der Waals surface area contributed by atoms with E-state index in [4.69, 9.17) is 9.47 Å². The van der Waals surface area contributed by atoms with Gasteiger partial charge in [0.1, 0.15) is 12.2 Å². The molecule has 208 valence electrons. The van der Waals surface area contributed by atoms with Gasteiger partial charge in [0.2, 0.25) is 5.88 Å². The number of fused-ring (bicyclic) bond motifs is 5. The van der Waals surface area contributed by atoms with Crippen molar-refractivity contribution >= 4 is 11.9 Å². The number of ketones is 1. The van der Waals surface area contributed by atoms with E-state index in [0.29, 0.717) is 12.8 Å². The SMILES string of the molecule is COc1ncc(C(=O)C2CC3CCCC(C2)N3C(=O)OCC2c3ccccc3-c3ccccc32)cc1C(F)(F)F. The number of carbonyl (C=O) groups is 2. The van der Waals surface area contributed by atoms with Crippen LogP contribution in [0.3, 0.4) is 0 Å². The van der Waals surface area contributed by atoms with Gasteiger partial charge in [-0.3, -0.25) is 4.79 Å². The second-order valence-electron chi connectivity index (χ2n) is 10.8. The first kappa shape index (κ1) is 26.3. The number of methoxy groups -OCH3 is 1. The predicted octanol–water partition coefficient (Wildman–Crippen LogP) is 6.87. The van der Waals surface area contributed by atoms with Crippen molar-refractivity contribution in [3.8, 4) is 17.0 Å². The highest BCUT2D eigenvalue weighted by atomic mass is 19.4. The number of amides is 1. The van der Waals surface area contributed by atoms with Crippen molar-refractivity contribution < 1.29 is 32.2 Å². The Labute approximate surface area is 230 Å². The van der Waals surface area contributed by atoms with E-state index in [9.17, 15) is 22.8 Å². The number of ether oxygens (including phenoxy) is 2. The molecule has 3 heterocycles. The summed E-state index contributed by atoms with van der Waals surface area (Å²) in [6.07, 6.45) is -0.820. The van der Waals surface area contributed by atoms with Gasteiger partial charge in [-0.2, -0.15) is 13.2 Å². The van der Waals surface area contributed by atoms with Crippen molar-refractivity contribution in [2.24, 2.45) is 5.92 Å². The molecule has 2 fully saturated rings. The fraction of sp³-hybridized carbons (Fsp3) is 0.387. The van der Waals surface area contributed by atoms with E-state index in [-0.39, 0.29) is 36.0 Å². The number of hydrogen-bond acceptors (Lipinski definition) is 5. The minimum atomic E-state index is -4.70. The number of benzene rings is 2. The number of carbonyl (C=O) groups excluding carboxylic acids is 2. The molecule has 2 atom stereocenters. The lowest BCUT2D eigenvalue weighted by Crippen LogP contribution is -2.55. The third-order valence-electron chi connectivity index (χ3n) is 8.53. The third kappa shape index (κ3) is 4.61. The Bertz CT molecular complexity index is 1400. The second kappa shape index (κ2) is 10.3. The first-order valence-corrected chi connectivity index (χ1v) is 13.5. The summed E-state index contributed by atoms with van der Waals surface area (Å²) in [4.78, 5) is 32.3. The smallest absolute Gasteiger partial charge is 0.421 e. The molecule has 3 aliphatic rings. The van der Waals surface area contributed by atoms with Crippen molar-refractivity contribution in [2.45, 2.75) is 56.3 Å². The normalized spacial score (nSPS) is 21.9. The van der Waals surface area contributed by atoms with Crippen molar-refractivity contribution in [2.75, 3.05) is 13.7 Å². The quantitative estimate of drug-likeness (QED) is 0.324. The Morgan fingerprint density at radius 3 is 2.15 bits per heavy atom. The number of rotatable bonds is 5. The third-order valence-corrected chi connectivity index (χ3v) is 8.53. The van der Waals surface area contributed by atoms with Crippen molar-refractivity contribution in [1.82, 2.24) is 9.88 Å². The molecule has 2 unspecified atom stereocenters. The second-order valence-corrected chi connectivity index (χ2v) is 10.8. The summed E-state index contributed by atoms with van der Waals surface area (Å²) >= 11 is 0. The number of alkyl halides is 3. The maximum Gasteiger partial charge on any atom is 0.421 e. The molecule has 6 rings (SSSR count). The van der Waals surface area contributed by atoms with Gasteiger partial charge in [-0.1, -0.05) is 48.5 Å². The van der Waals surface area contributed by atoms with E-state index < -0.39 is 29.6 Å². The summed E-state index contributed by atoms with van der Waals surface area (Å²) in [7, 11) is 1.11. The molecule has 2 bridgehead atoms. The van der Waals surface area contributed by atoms with Crippen LogP contribution >= 0.6 is 0 Å². The number of aromatic nitrogens is 1. The van der Waals surface area contributed by atoms with E-state index in [1.807, 2.05) is 24.3 Å². The number of pyridine rings is 1. The Kier molecular flexibility index (Phi) is 6.76. The molecule has 0 N–H and O–H groups in total. The van der Waals surface area contributed by atoms with E-state index >= 15 is 0 Å². The van der Waals surface area contributed by atoms with Crippen LogP contribution in [-0.4, -0.2) is 47.6 Å². The van der Waals surface area contributed by atoms with Crippen LogP contribution in [0, 0.1) is 5.92 Å². The molecule has 9 heteroatoms. The van der Waals surface area contributed by atoms with Gasteiger partial charge >= 0.3 is 12.3 Å². The summed E-state index contributed by atoms with van der Waals surface area (Å²) in [6.45, 7) is 0.211. The lowest BCUT2D eigenvalue weighted by atomic mass is 9.76. The fourth-order valence-electron chi connectivity index (χ4n) is 6.75. The molecular formula is C31H29F3N2O4. The monoisotopic (exact) mass is 550 g/mol. The summed E-state index contributed by atoms with van der Waals surface area (Å²) < 4.78 is 51.2. The van der Waals surface area contributed by atoms with Crippen LogP contribution in [0.4, 0.5) is 18.0 Å². The highest BCUT2D eigenvalue weighted by Gasteiger charge is 2.45. The summed E-state index contributed by atoms with van der Waals surface area (Å²) in [5.74, 6) is -1.50. The van der Waals surface area contributed by atoms with E-state index in [2.05, 4.69) is 29.2 Å². The number of Topliss-reactive ketones (excluding diaryl/α,β-unsaturated/α-hetero) is 1. The zero-order chi connectivity index (χ0) is 28.0. The minimum Gasteiger partial charge on any atom is -0.481 e. The molecular weight excluding hydrogens is 521 g/mol. The van der Waals surface area contributed by atoms with Crippen LogP contribution in [0.5, 0.6) is 5.88 Å². The van der Waals surface area contributed by atoms with Crippen LogP contribution in [0.1, 0.15) is 65.1 Å². The zero-order valence-electron chi connectivity index (χ0n) is 22.0. The minimum absolute atomic E-state index is 0.0549. The molecule has 2 aliphatic heterocycles. The van der Waals surface area contributed by atoms with Crippen LogP contribution in [0.2, 0.25) is 0 Å². The van der Waals surface area contributed by atoms with E-state index in [0.717, 1.165) is 60.9 Å². The number of piperidine rings is 2. The highest BCUT2D eigenvalue weighted by Crippen LogP contribution is 2.45. The molecule has 40 heavy (non-hydrogen) atoms. The number of hydrogen-bond donors (Lipinski definition) is 0. The average Bonchev–Trinajstić information content (AvgIpc) is 3.27. The van der Waals surface area contributed by atoms with Crippen LogP contribution in [-0.2, 0) is 10.9 Å². The lowest BCUT2D eigenvalue weighted by molar-refractivity contribution is -0.139. The number of nitrogens with zero attached hydrogens (tertiary/aromatic N) is 2. The Balaban J connectivity index is 1.16. The fourth-order valence-corrected chi connectivity index (χ4v) is 6.75. The summed E-state index contributed by atoms with van der Waals surface area (Å²) in [6, 6.07) is 16.7. The number of halogens is 3. The van der Waals surface area contributed by atoms with Gasteiger partial charge in [0.25, 0.3) is 0 Å². The maximum atomic E-state index is 13.5. The highest BCUT2D eigenvalue weighted by molar-refractivity contribution is 5.98. The zero-order valence-corrected chi connectivity index (χ0v) is 22.0. The Hall–Kier alpha value is -3.88. The molecule has 1 amide bonds. The molecule has 2 aromatic carbocycles. The van der Waals surface area contributed by atoms with E-state index in [1.54, 1.807) is 4.90 Å². The Morgan fingerprint density at radius 1 is 0.975 bits per heavy atom. The molecule has 3 aromatic rings. The van der Waals surface area contributed by atoms with Gasteiger partial charge in [0.05, 0.1) is 7.11 Å². The average molecular weight is 551 g/mol.